The monoisotopic (exact) mass is 441 g/mol. The molecule has 0 saturated heterocycles. The van der Waals surface area contributed by atoms with Crippen LogP contribution in [0.4, 0.5) is 13.2 Å². The second-order valence-electron chi connectivity index (χ2n) is 7.25. The van der Waals surface area contributed by atoms with Gasteiger partial charge in [-0.1, -0.05) is 23.4 Å². The summed E-state index contributed by atoms with van der Waals surface area (Å²) in [4.78, 5) is 16.7. The summed E-state index contributed by atoms with van der Waals surface area (Å²) >= 11 is 0. The van der Waals surface area contributed by atoms with Gasteiger partial charge in [-0.2, -0.15) is 4.98 Å². The van der Waals surface area contributed by atoms with Gasteiger partial charge in [-0.25, -0.2) is 0 Å². The van der Waals surface area contributed by atoms with Crippen molar-refractivity contribution in [2.75, 3.05) is 0 Å². The van der Waals surface area contributed by atoms with Crippen LogP contribution >= 0.6 is 0 Å². The highest BCUT2D eigenvalue weighted by Crippen LogP contribution is 2.27. The van der Waals surface area contributed by atoms with E-state index in [4.69, 9.17) is 4.52 Å². The molecule has 4 aromatic rings. The zero-order chi connectivity index (χ0) is 22.9. The molecule has 0 radical (unpaired) electrons. The summed E-state index contributed by atoms with van der Waals surface area (Å²) in [5.74, 6) is 0.0421. The van der Waals surface area contributed by atoms with Gasteiger partial charge in [0.2, 0.25) is 5.82 Å². The van der Waals surface area contributed by atoms with Crippen LogP contribution in [0.1, 0.15) is 16.7 Å². The SMILES string of the molecule is Cc1cccc(C)c1Cn1cc(-c2nc(-c3ccc(OC(F)(F)F)cc3)no2)ccc1=O. The molecule has 0 bridgehead atoms. The summed E-state index contributed by atoms with van der Waals surface area (Å²) in [6, 6.07) is 14.1. The van der Waals surface area contributed by atoms with Crippen molar-refractivity contribution in [2.45, 2.75) is 26.8 Å². The minimum Gasteiger partial charge on any atom is -0.406 e. The molecule has 2 heterocycles. The van der Waals surface area contributed by atoms with Gasteiger partial charge in [-0.05, 0) is 60.9 Å². The van der Waals surface area contributed by atoms with Gasteiger partial charge in [-0.3, -0.25) is 4.79 Å². The third-order valence-electron chi connectivity index (χ3n) is 4.98. The van der Waals surface area contributed by atoms with Gasteiger partial charge in [0.1, 0.15) is 5.75 Å². The molecule has 0 N–H and O–H groups in total. The van der Waals surface area contributed by atoms with Crippen LogP contribution in [0.15, 0.2) is 70.1 Å². The maximum atomic E-state index is 12.4. The number of pyridine rings is 1. The number of aromatic nitrogens is 3. The number of hydrogen-bond donors (Lipinski definition) is 0. The quantitative estimate of drug-likeness (QED) is 0.430. The fourth-order valence-corrected chi connectivity index (χ4v) is 3.31. The highest BCUT2D eigenvalue weighted by atomic mass is 19.4. The maximum absolute atomic E-state index is 12.4. The van der Waals surface area contributed by atoms with E-state index in [9.17, 15) is 18.0 Å². The molecule has 0 spiro atoms. The maximum Gasteiger partial charge on any atom is 0.573 e. The largest absolute Gasteiger partial charge is 0.573 e. The molecule has 0 amide bonds. The van der Waals surface area contributed by atoms with Crippen molar-refractivity contribution in [1.29, 1.82) is 0 Å². The standard InChI is InChI=1S/C23H18F3N3O3/c1-14-4-3-5-15(2)19(14)13-29-12-17(8-11-20(29)30)22-27-21(28-32-22)16-6-9-18(10-7-16)31-23(24,25)26/h3-12H,13H2,1-2H3. The number of nitrogens with zero attached hydrogens (tertiary/aromatic N) is 3. The van der Waals surface area contributed by atoms with E-state index < -0.39 is 6.36 Å². The Morgan fingerprint density at radius 1 is 0.969 bits per heavy atom. The van der Waals surface area contributed by atoms with Crippen molar-refractivity contribution in [1.82, 2.24) is 14.7 Å². The van der Waals surface area contributed by atoms with Gasteiger partial charge in [0.05, 0.1) is 12.1 Å². The minimum atomic E-state index is -4.76. The van der Waals surface area contributed by atoms with Crippen molar-refractivity contribution in [3.8, 4) is 28.6 Å². The molecule has 0 aliphatic heterocycles. The van der Waals surface area contributed by atoms with E-state index in [1.807, 2.05) is 32.0 Å². The molecule has 2 aromatic heterocycles. The highest BCUT2D eigenvalue weighted by molar-refractivity contribution is 5.60. The van der Waals surface area contributed by atoms with Crippen LogP contribution in [0.3, 0.4) is 0 Å². The van der Waals surface area contributed by atoms with E-state index >= 15 is 0 Å². The fourth-order valence-electron chi connectivity index (χ4n) is 3.31. The van der Waals surface area contributed by atoms with Crippen LogP contribution in [-0.2, 0) is 6.54 Å². The second kappa shape index (κ2) is 8.33. The van der Waals surface area contributed by atoms with Crippen LogP contribution in [0.2, 0.25) is 0 Å². The van der Waals surface area contributed by atoms with Crippen LogP contribution < -0.4 is 10.3 Å². The number of hydrogen-bond acceptors (Lipinski definition) is 5. The third-order valence-corrected chi connectivity index (χ3v) is 4.98. The van der Waals surface area contributed by atoms with Crippen molar-refractivity contribution < 1.29 is 22.4 Å². The van der Waals surface area contributed by atoms with Crippen LogP contribution in [-0.4, -0.2) is 21.1 Å². The predicted molar refractivity (Wildman–Crippen MR) is 111 cm³/mol. The Balaban J connectivity index is 1.59. The van der Waals surface area contributed by atoms with E-state index in [0.29, 0.717) is 17.7 Å². The molecule has 9 heteroatoms. The van der Waals surface area contributed by atoms with E-state index in [-0.39, 0.29) is 23.0 Å². The Morgan fingerprint density at radius 3 is 2.28 bits per heavy atom. The average molecular weight is 441 g/mol. The van der Waals surface area contributed by atoms with E-state index in [0.717, 1.165) is 16.7 Å². The fraction of sp³-hybridized carbons (Fsp3) is 0.174. The number of aryl methyl sites for hydroxylation is 2. The van der Waals surface area contributed by atoms with Crippen molar-refractivity contribution in [3.63, 3.8) is 0 Å². The Kier molecular flexibility index (Phi) is 5.56. The number of alkyl halides is 3. The van der Waals surface area contributed by atoms with Crippen LogP contribution in [0.25, 0.3) is 22.8 Å². The number of halogens is 3. The summed E-state index contributed by atoms with van der Waals surface area (Å²) in [5.41, 5.74) is 4.06. The molecule has 164 valence electrons. The highest BCUT2D eigenvalue weighted by Gasteiger charge is 2.31. The lowest BCUT2D eigenvalue weighted by Gasteiger charge is -2.12. The summed E-state index contributed by atoms with van der Waals surface area (Å²) in [6.45, 7) is 4.38. The first-order valence-corrected chi connectivity index (χ1v) is 9.65. The van der Waals surface area contributed by atoms with Gasteiger partial charge in [-0.15, -0.1) is 13.2 Å². The lowest BCUT2D eigenvalue weighted by molar-refractivity contribution is -0.274. The summed E-state index contributed by atoms with van der Waals surface area (Å²) in [7, 11) is 0. The Morgan fingerprint density at radius 2 is 1.62 bits per heavy atom. The molecule has 0 unspecified atom stereocenters. The number of rotatable bonds is 5. The van der Waals surface area contributed by atoms with Crippen molar-refractivity contribution in [2.24, 2.45) is 0 Å². The first-order chi connectivity index (χ1) is 15.2. The topological polar surface area (TPSA) is 70.2 Å². The summed E-state index contributed by atoms with van der Waals surface area (Å²) in [5, 5.41) is 3.89. The second-order valence-corrected chi connectivity index (χ2v) is 7.25. The zero-order valence-corrected chi connectivity index (χ0v) is 17.2. The smallest absolute Gasteiger partial charge is 0.406 e. The lowest BCUT2D eigenvalue weighted by Crippen LogP contribution is -2.20. The van der Waals surface area contributed by atoms with E-state index in [1.54, 1.807) is 16.8 Å². The van der Waals surface area contributed by atoms with Crippen molar-refractivity contribution in [3.05, 3.63) is 87.8 Å². The van der Waals surface area contributed by atoms with E-state index in [1.165, 1.54) is 30.3 Å². The lowest BCUT2D eigenvalue weighted by atomic mass is 10.0. The molecule has 0 fully saturated rings. The van der Waals surface area contributed by atoms with Gasteiger partial charge < -0.3 is 13.8 Å². The number of ether oxygens (including phenoxy) is 1. The van der Waals surface area contributed by atoms with Crippen LogP contribution in [0, 0.1) is 13.8 Å². The number of benzene rings is 2. The molecular weight excluding hydrogens is 423 g/mol. The van der Waals surface area contributed by atoms with Crippen LogP contribution in [0.5, 0.6) is 5.75 Å². The molecule has 32 heavy (non-hydrogen) atoms. The van der Waals surface area contributed by atoms with Gasteiger partial charge in [0.15, 0.2) is 0 Å². The molecule has 6 nitrogen and oxygen atoms in total. The molecule has 0 aliphatic carbocycles. The minimum absolute atomic E-state index is 0.170. The Hall–Kier alpha value is -3.88. The molecule has 0 aliphatic rings. The molecule has 4 rings (SSSR count). The predicted octanol–water partition coefficient (Wildman–Crippen LogP) is 5.13. The van der Waals surface area contributed by atoms with E-state index in [2.05, 4.69) is 14.9 Å². The average Bonchev–Trinajstić information content (AvgIpc) is 3.22. The Labute approximate surface area is 180 Å². The summed E-state index contributed by atoms with van der Waals surface area (Å²) < 4.78 is 47.7. The van der Waals surface area contributed by atoms with Gasteiger partial charge in [0, 0.05) is 17.8 Å². The molecule has 0 saturated carbocycles. The first-order valence-electron chi connectivity index (χ1n) is 9.65. The molecule has 0 atom stereocenters. The third kappa shape index (κ3) is 4.72. The Bertz CT molecular complexity index is 1290. The summed E-state index contributed by atoms with van der Waals surface area (Å²) in [6.07, 6.45) is -3.12. The molecular formula is C23H18F3N3O3. The zero-order valence-electron chi connectivity index (χ0n) is 17.2. The van der Waals surface area contributed by atoms with Gasteiger partial charge >= 0.3 is 6.36 Å². The first kappa shape index (κ1) is 21.4. The van der Waals surface area contributed by atoms with Crippen molar-refractivity contribution >= 4 is 0 Å². The van der Waals surface area contributed by atoms with Gasteiger partial charge in [0.25, 0.3) is 11.4 Å². The molecule has 2 aromatic carbocycles. The normalized spacial score (nSPS) is 11.5.